The van der Waals surface area contributed by atoms with E-state index in [9.17, 15) is 0 Å². The number of furan rings is 4. The molecule has 0 aliphatic heterocycles. The van der Waals surface area contributed by atoms with Crippen LogP contribution in [0.15, 0.2) is 285 Å². The molecular formula is C116H104N4O4+4. The molecule has 20 aromatic rings. The lowest BCUT2D eigenvalue weighted by molar-refractivity contribution is -0.660. The number of aryl methyl sites for hydroxylation is 12. The van der Waals surface area contributed by atoms with E-state index in [1.54, 1.807) is 111 Å². The van der Waals surface area contributed by atoms with Gasteiger partial charge in [0.05, 0.1) is 22.3 Å². The lowest BCUT2D eigenvalue weighted by Gasteiger charge is -2.22. The van der Waals surface area contributed by atoms with Crippen molar-refractivity contribution in [2.24, 2.45) is 28.2 Å². The molecule has 124 heavy (non-hydrogen) atoms. The van der Waals surface area contributed by atoms with Crippen molar-refractivity contribution in [2.45, 2.75) is 132 Å². The van der Waals surface area contributed by atoms with Gasteiger partial charge in [-0.1, -0.05) is 213 Å². The van der Waals surface area contributed by atoms with Crippen molar-refractivity contribution < 1.29 is 68.8 Å². The van der Waals surface area contributed by atoms with E-state index in [0.717, 1.165) is 160 Å². The first-order valence-corrected chi connectivity index (χ1v) is 41.7. The summed E-state index contributed by atoms with van der Waals surface area (Å²) >= 11 is 0. The summed E-state index contributed by atoms with van der Waals surface area (Å²) in [5, 5.41) is 7.28. The Morgan fingerprint density at radius 3 is 1.05 bits per heavy atom. The van der Waals surface area contributed by atoms with Crippen LogP contribution < -0.4 is 18.3 Å². The molecule has 4 aliphatic rings. The number of aromatic nitrogens is 4. The zero-order chi connectivity index (χ0) is 106. The van der Waals surface area contributed by atoms with Crippen molar-refractivity contribution >= 4 is 87.8 Å². The van der Waals surface area contributed by atoms with Crippen molar-refractivity contribution in [1.82, 2.24) is 0 Å². The van der Waals surface area contributed by atoms with Crippen LogP contribution in [0.1, 0.15) is 177 Å². The second-order valence-corrected chi connectivity index (χ2v) is 34.9. The maximum absolute atomic E-state index is 8.55. The van der Waals surface area contributed by atoms with Gasteiger partial charge in [0.15, 0.2) is 24.8 Å². The molecule has 0 saturated carbocycles. The fraction of sp³-hybridized carbons (Fsp3) is 0.207. The second kappa shape index (κ2) is 28.0. The Balaban J connectivity index is 0.000000116. The van der Waals surface area contributed by atoms with E-state index < -0.39 is 71.1 Å². The van der Waals surface area contributed by atoms with Gasteiger partial charge in [-0.25, -0.2) is 18.3 Å². The minimum atomic E-state index is -2.86. The monoisotopic (exact) mass is 1640 g/mol. The molecule has 12 aromatic carbocycles. The normalized spacial score (nSPS) is 19.5. The third-order valence-corrected chi connectivity index (χ3v) is 26.7. The van der Waals surface area contributed by atoms with E-state index in [1.165, 1.54) is 22.3 Å². The molecule has 0 amide bonds. The van der Waals surface area contributed by atoms with Gasteiger partial charge in [-0.3, -0.25) is 0 Å². The molecule has 0 N–H and O–H groups in total. The molecule has 0 radical (unpaired) electrons. The molecule has 2 unspecified atom stereocenters. The summed E-state index contributed by atoms with van der Waals surface area (Å²) < 4.78 is 228. The van der Waals surface area contributed by atoms with Gasteiger partial charge in [-0.15, -0.1) is 0 Å². The van der Waals surface area contributed by atoms with Gasteiger partial charge in [0.1, 0.15) is 72.9 Å². The summed E-state index contributed by atoms with van der Waals surface area (Å²) in [6, 6.07) is 76.6. The van der Waals surface area contributed by atoms with Crippen molar-refractivity contribution in [1.29, 1.82) is 0 Å². The van der Waals surface area contributed by atoms with Crippen molar-refractivity contribution in [2.75, 3.05) is 0 Å². The fourth-order valence-electron chi connectivity index (χ4n) is 20.7. The number of hydrogen-bond acceptors (Lipinski definition) is 4. The molecule has 2 atom stereocenters. The Bertz CT molecular complexity index is 9010. The van der Waals surface area contributed by atoms with Gasteiger partial charge in [0, 0.05) is 150 Å². The smallest absolute Gasteiger partial charge is 0.216 e. The van der Waals surface area contributed by atoms with Gasteiger partial charge >= 0.3 is 0 Å². The molecule has 8 heterocycles. The summed E-state index contributed by atoms with van der Waals surface area (Å²) in [6.45, 7) is -2.85. The molecular weight excluding hydrogens is 1510 g/mol. The van der Waals surface area contributed by atoms with E-state index >= 15 is 0 Å². The Morgan fingerprint density at radius 2 is 0.589 bits per heavy atom. The summed E-state index contributed by atoms with van der Waals surface area (Å²) in [5.41, 5.74) is 25.9. The number of fused-ring (bicyclic) bond motifs is 26. The maximum atomic E-state index is 8.55. The molecule has 608 valence electrons. The van der Waals surface area contributed by atoms with Gasteiger partial charge < -0.3 is 17.7 Å². The standard InChI is InChI=1S/4C29H26NO/c1-17-10-15-24(30(5)16-17)25-18(2)11-12-21-22-14-13-20-19-8-6-7-9-23(19)29(3,4)26(20)28(22)31-27(21)25;1-17-10-14-23(30(5)16-17)25-18(2)11-12-21-26-24(31-28(21)25)15-13-20-19-8-6-7-9-22(19)29(3,4)27(20)26;1-17-10-13-25(30(5)16-17)27-18(2)11-12-20-22-14-24-21(15-26(22)31-28(20)27)19-8-6-7-9-23(19)29(24,3)4;1-17-10-13-25(30(5)16-17)27-18(2)11-12-20-22-14-21-19-8-6-7-9-23(19)29(3,4)24(21)15-26(22)31-28(20)27/h4*6-16H,1-5H3/q4*+1/i1D3,3D3;1D3;1D3,3D3;1D3,3D3,4D3. The van der Waals surface area contributed by atoms with Gasteiger partial charge in [-0.2, -0.15) is 0 Å². The first-order chi connectivity index (χ1) is 69.3. The van der Waals surface area contributed by atoms with Crippen LogP contribution in [0.3, 0.4) is 0 Å². The van der Waals surface area contributed by atoms with E-state index in [0.29, 0.717) is 55.8 Å². The largest absolute Gasteiger partial charge is 0.455 e. The highest BCUT2D eigenvalue weighted by molar-refractivity contribution is 6.17. The van der Waals surface area contributed by atoms with Gasteiger partial charge in [0.25, 0.3) is 0 Å². The molecule has 0 spiro atoms. The summed E-state index contributed by atoms with van der Waals surface area (Å²) in [4.78, 5) is 0. The number of nitrogens with zero attached hydrogens (tertiary/aromatic N) is 4. The molecule has 4 aliphatic carbocycles. The summed E-state index contributed by atoms with van der Waals surface area (Å²) in [6.07, 6.45) is 6.54. The Morgan fingerprint density at radius 1 is 0.250 bits per heavy atom. The Hall–Kier alpha value is -13.6. The predicted octanol–water partition coefficient (Wildman–Crippen LogP) is 28.0. The van der Waals surface area contributed by atoms with Crippen LogP contribution in [-0.2, 0) is 49.9 Å². The van der Waals surface area contributed by atoms with Gasteiger partial charge in [0.2, 0.25) is 22.8 Å². The van der Waals surface area contributed by atoms with Crippen molar-refractivity contribution in [3.63, 3.8) is 0 Å². The van der Waals surface area contributed by atoms with Crippen LogP contribution in [0.5, 0.6) is 0 Å². The molecule has 8 heteroatoms. The highest BCUT2D eigenvalue weighted by Crippen LogP contribution is 2.58. The molecule has 0 saturated heterocycles. The Kier molecular flexibility index (Phi) is 12.5. The first-order valence-electron chi connectivity index (χ1n) is 53.7. The number of rotatable bonds is 4. The third-order valence-electron chi connectivity index (χ3n) is 26.7. The minimum absolute atomic E-state index is 0.140. The van der Waals surface area contributed by atoms with Crippen LogP contribution in [0.4, 0.5) is 0 Å². The van der Waals surface area contributed by atoms with Crippen LogP contribution in [0.2, 0.25) is 0 Å². The fourth-order valence-corrected chi connectivity index (χ4v) is 20.7. The van der Waals surface area contributed by atoms with Crippen LogP contribution in [-0.4, -0.2) is 0 Å². The number of hydrogen-bond donors (Lipinski definition) is 0. The molecule has 24 rings (SSSR count). The Labute approximate surface area is 759 Å². The third kappa shape index (κ3) is 11.6. The molecule has 8 aromatic heterocycles. The van der Waals surface area contributed by atoms with Crippen LogP contribution in [0.25, 0.3) is 177 Å². The maximum Gasteiger partial charge on any atom is 0.216 e. The topological polar surface area (TPSA) is 68.1 Å². The number of pyridine rings is 4. The number of benzene rings is 12. The predicted molar refractivity (Wildman–Crippen MR) is 509 cm³/mol. The highest BCUT2D eigenvalue weighted by atomic mass is 16.3. The molecule has 0 fully saturated rings. The average Bonchev–Trinajstić information content (AvgIpc) is 1.50. The van der Waals surface area contributed by atoms with Crippen LogP contribution in [0, 0.1) is 55.1 Å². The summed E-state index contributed by atoms with van der Waals surface area (Å²) in [7, 11) is 7.32. The zero-order valence-electron chi connectivity index (χ0n) is 94.8. The van der Waals surface area contributed by atoms with Crippen molar-refractivity contribution in [3.8, 4) is 89.5 Å². The lowest BCUT2D eigenvalue weighted by atomic mass is 9.80. The van der Waals surface area contributed by atoms with Crippen LogP contribution >= 0.6 is 0 Å². The zero-order valence-corrected chi connectivity index (χ0v) is 70.8. The quantitative estimate of drug-likeness (QED) is 0.165. The van der Waals surface area contributed by atoms with E-state index in [2.05, 4.69) is 69.3 Å². The van der Waals surface area contributed by atoms with Crippen molar-refractivity contribution in [3.05, 3.63) is 356 Å². The lowest BCUT2D eigenvalue weighted by Crippen LogP contribution is -2.31. The van der Waals surface area contributed by atoms with E-state index in [1.807, 2.05) is 189 Å². The first kappa shape index (κ1) is 55.5. The summed E-state index contributed by atoms with van der Waals surface area (Å²) in [5.74, 6) is 0. The van der Waals surface area contributed by atoms with E-state index in [4.69, 9.17) is 50.6 Å². The minimum Gasteiger partial charge on any atom is -0.455 e. The molecule has 0 bridgehead atoms. The van der Waals surface area contributed by atoms with E-state index in [-0.39, 0.29) is 33.2 Å². The highest BCUT2D eigenvalue weighted by Gasteiger charge is 2.43. The second-order valence-electron chi connectivity index (χ2n) is 34.9. The average molecular weight is 1640 g/mol. The molecule has 8 nitrogen and oxygen atoms in total. The SMILES string of the molecule is [2H]C([2H])([2H])c1ccc(-c2c(C)ccc3c2oc2c4c(ccc23)-c2ccccc2C4(C)C([2H])([2H])[2H])[n+](C)c1.[2H]C([2H])([2H])c1ccc(-c2c(C)ccc3c2oc2cc4c(cc23)-c2ccccc2C4(C([2H])([2H])[2H])C([2H])([2H])[2H])[n+](C)c1.[2H]C([2H])([2H])c1ccc(-c2c(C)ccc3c2oc2cc4c(cc23)C(C)(C([2H])([2H])[2H])c2ccccc2-4)[n+](C)c1.[2H]C([2H])([2H])c1ccc(-c2c(C)ccc3c2oc2ccc4c(c23)C(C)(C)c2ccccc2-4)[n+](C)c1. The van der Waals surface area contributed by atoms with Gasteiger partial charge in [-0.05, 0) is 221 Å².